The molecule has 0 aromatic carbocycles. The molecule has 5 heteroatoms. The lowest BCUT2D eigenvalue weighted by atomic mass is 9.95. The number of hydrogen-bond donors (Lipinski definition) is 2. The fraction of sp³-hybridized carbons (Fsp3) is 1.00. The summed E-state index contributed by atoms with van der Waals surface area (Å²) in [5, 5.41) is 2.23. The van der Waals surface area contributed by atoms with Gasteiger partial charge in [0.2, 0.25) is 0 Å². The Kier molecular flexibility index (Phi) is 14.8. The van der Waals surface area contributed by atoms with E-state index in [0.717, 1.165) is 12.8 Å². The van der Waals surface area contributed by atoms with Crippen molar-refractivity contribution >= 4 is 10.1 Å². The first kappa shape index (κ1) is 25.9. The summed E-state index contributed by atoms with van der Waals surface area (Å²) in [6.45, 7) is 8.06. The monoisotopic (exact) mass is 391 g/mol. The molecule has 0 saturated heterocycles. The molecule has 4 nitrogen and oxygen atoms in total. The minimum Gasteiger partial charge on any atom is -0.294 e. The van der Waals surface area contributed by atoms with Gasteiger partial charge in [-0.15, -0.1) is 0 Å². The molecule has 0 heterocycles. The number of nitrogens with one attached hydrogen (secondary N) is 1. The summed E-state index contributed by atoms with van der Waals surface area (Å²) in [4.78, 5) is 0. The average Bonchev–Trinajstić information content (AvgIpc) is 2.56. The van der Waals surface area contributed by atoms with Crippen molar-refractivity contribution in [2.45, 2.75) is 135 Å². The summed E-state index contributed by atoms with van der Waals surface area (Å²) in [5.74, 6) is 0. The van der Waals surface area contributed by atoms with Crippen LogP contribution in [0.3, 0.4) is 0 Å². The third-order valence-corrected chi connectivity index (χ3v) is 6.36. The van der Waals surface area contributed by atoms with E-state index < -0.39 is 15.5 Å². The predicted octanol–water partition coefficient (Wildman–Crippen LogP) is 6.46. The van der Waals surface area contributed by atoms with Gasteiger partial charge < -0.3 is 0 Å². The lowest BCUT2D eigenvalue weighted by Crippen LogP contribution is -2.49. The van der Waals surface area contributed by atoms with Gasteiger partial charge in [-0.2, -0.15) is 8.42 Å². The van der Waals surface area contributed by atoms with Gasteiger partial charge in [-0.25, -0.2) is 0 Å². The standard InChI is InChI=1S/C21H45NO3S/c1-5-7-8-9-10-11-12-13-14-15-16-17-18-19-21(3,4)22-20(6-2)26(23,24)25/h20,22H,5-19H2,1-4H3,(H,23,24,25). The number of rotatable bonds is 18. The van der Waals surface area contributed by atoms with Crippen molar-refractivity contribution in [2.75, 3.05) is 0 Å². The molecule has 2 N–H and O–H groups in total. The molecule has 0 aliphatic rings. The van der Waals surface area contributed by atoms with E-state index in [4.69, 9.17) is 0 Å². The molecule has 26 heavy (non-hydrogen) atoms. The molecule has 1 unspecified atom stereocenters. The minimum atomic E-state index is -4.02. The van der Waals surface area contributed by atoms with Gasteiger partial charge in [-0.3, -0.25) is 9.87 Å². The van der Waals surface area contributed by atoms with E-state index in [0.29, 0.717) is 6.42 Å². The van der Waals surface area contributed by atoms with Gasteiger partial charge >= 0.3 is 0 Å². The van der Waals surface area contributed by atoms with Crippen molar-refractivity contribution in [1.82, 2.24) is 5.32 Å². The summed E-state index contributed by atoms with van der Waals surface area (Å²) in [7, 11) is -4.02. The Labute approximate surface area is 163 Å². The van der Waals surface area contributed by atoms with Gasteiger partial charge in [-0.1, -0.05) is 97.3 Å². The van der Waals surface area contributed by atoms with Crippen molar-refractivity contribution in [2.24, 2.45) is 0 Å². The first-order chi connectivity index (χ1) is 12.2. The Morgan fingerprint density at radius 1 is 0.769 bits per heavy atom. The lowest BCUT2D eigenvalue weighted by molar-refractivity contribution is 0.319. The summed E-state index contributed by atoms with van der Waals surface area (Å²) in [5.41, 5.74) is -0.270. The summed E-state index contributed by atoms with van der Waals surface area (Å²) in [6.07, 6.45) is 18.6. The normalized spacial score (nSPS) is 13.9. The molecule has 0 rings (SSSR count). The molecule has 0 aliphatic heterocycles. The SMILES string of the molecule is CCCCCCCCCCCCCCCC(C)(C)NC(CC)S(=O)(=O)O. The second-order valence-electron chi connectivity index (χ2n) is 8.43. The van der Waals surface area contributed by atoms with E-state index in [1.165, 1.54) is 77.0 Å². The first-order valence-corrected chi connectivity index (χ1v) is 12.5. The zero-order valence-electron chi connectivity index (χ0n) is 17.9. The molecule has 0 saturated carbocycles. The summed E-state index contributed by atoms with van der Waals surface area (Å²) < 4.78 is 31.9. The maximum Gasteiger partial charge on any atom is 0.281 e. The quantitative estimate of drug-likeness (QED) is 0.208. The van der Waals surface area contributed by atoms with E-state index in [1.807, 2.05) is 13.8 Å². The molecule has 0 spiro atoms. The van der Waals surface area contributed by atoms with E-state index in [9.17, 15) is 13.0 Å². The molecule has 0 aliphatic carbocycles. The highest BCUT2D eigenvalue weighted by atomic mass is 32.2. The van der Waals surface area contributed by atoms with Gasteiger partial charge in [0.25, 0.3) is 10.1 Å². The van der Waals surface area contributed by atoms with E-state index in [2.05, 4.69) is 12.2 Å². The Morgan fingerprint density at radius 2 is 1.15 bits per heavy atom. The molecule has 0 amide bonds. The first-order valence-electron chi connectivity index (χ1n) is 11.0. The van der Waals surface area contributed by atoms with Crippen molar-refractivity contribution in [3.05, 3.63) is 0 Å². The third-order valence-electron chi connectivity index (χ3n) is 5.19. The number of unbranched alkanes of at least 4 members (excludes halogenated alkanes) is 12. The number of hydrogen-bond acceptors (Lipinski definition) is 3. The zero-order chi connectivity index (χ0) is 19.9. The smallest absolute Gasteiger partial charge is 0.281 e. The summed E-state index contributed by atoms with van der Waals surface area (Å²) in [6, 6.07) is 0. The summed E-state index contributed by atoms with van der Waals surface area (Å²) >= 11 is 0. The van der Waals surface area contributed by atoms with Gasteiger partial charge in [-0.05, 0) is 26.7 Å². The Bertz CT molecular complexity index is 421. The van der Waals surface area contributed by atoms with Crippen molar-refractivity contribution in [3.63, 3.8) is 0 Å². The molecule has 0 bridgehead atoms. The fourth-order valence-corrected chi connectivity index (χ4v) is 4.37. The van der Waals surface area contributed by atoms with E-state index in [-0.39, 0.29) is 5.54 Å². The van der Waals surface area contributed by atoms with Crippen LogP contribution in [0, 0.1) is 0 Å². The van der Waals surface area contributed by atoms with E-state index in [1.54, 1.807) is 6.92 Å². The second-order valence-corrected chi connectivity index (χ2v) is 10.0. The second kappa shape index (κ2) is 14.9. The van der Waals surface area contributed by atoms with Gasteiger partial charge in [0, 0.05) is 5.54 Å². The Balaban J connectivity index is 3.59. The fourth-order valence-electron chi connectivity index (χ4n) is 3.48. The van der Waals surface area contributed by atoms with E-state index >= 15 is 0 Å². The van der Waals surface area contributed by atoms with Crippen LogP contribution in [0.25, 0.3) is 0 Å². The molecular weight excluding hydrogens is 346 g/mol. The highest BCUT2D eigenvalue weighted by Gasteiger charge is 2.28. The maximum atomic E-state index is 11.3. The highest BCUT2D eigenvalue weighted by Crippen LogP contribution is 2.18. The Hall–Kier alpha value is -0.130. The third kappa shape index (κ3) is 15.0. The van der Waals surface area contributed by atoms with Crippen LogP contribution in [0.5, 0.6) is 0 Å². The molecule has 0 aromatic rings. The minimum absolute atomic E-state index is 0.270. The topological polar surface area (TPSA) is 66.4 Å². The van der Waals surface area contributed by atoms with Crippen molar-refractivity contribution in [1.29, 1.82) is 0 Å². The van der Waals surface area contributed by atoms with Crippen LogP contribution in [-0.4, -0.2) is 23.9 Å². The van der Waals surface area contributed by atoms with Gasteiger partial charge in [0.15, 0.2) is 0 Å². The molecule has 0 radical (unpaired) electrons. The molecule has 1 atom stereocenters. The van der Waals surface area contributed by atoms with Crippen LogP contribution in [0.4, 0.5) is 0 Å². The molecule has 0 fully saturated rings. The van der Waals surface area contributed by atoms with Crippen LogP contribution in [0.2, 0.25) is 0 Å². The van der Waals surface area contributed by atoms with Gasteiger partial charge in [0.1, 0.15) is 5.37 Å². The molecular formula is C21H45NO3S. The zero-order valence-corrected chi connectivity index (χ0v) is 18.7. The van der Waals surface area contributed by atoms with Gasteiger partial charge in [0.05, 0.1) is 0 Å². The average molecular weight is 392 g/mol. The van der Waals surface area contributed by atoms with Crippen molar-refractivity contribution in [3.8, 4) is 0 Å². The predicted molar refractivity (Wildman–Crippen MR) is 113 cm³/mol. The largest absolute Gasteiger partial charge is 0.294 e. The molecule has 0 aromatic heterocycles. The lowest BCUT2D eigenvalue weighted by Gasteiger charge is -2.30. The van der Waals surface area contributed by atoms with Crippen LogP contribution >= 0.6 is 0 Å². The van der Waals surface area contributed by atoms with Crippen LogP contribution < -0.4 is 5.32 Å². The van der Waals surface area contributed by atoms with Crippen LogP contribution in [-0.2, 0) is 10.1 Å². The maximum absolute atomic E-state index is 11.3. The Morgan fingerprint density at radius 3 is 1.50 bits per heavy atom. The van der Waals surface area contributed by atoms with Crippen molar-refractivity contribution < 1.29 is 13.0 Å². The molecule has 158 valence electrons. The van der Waals surface area contributed by atoms with Crippen LogP contribution in [0.15, 0.2) is 0 Å². The highest BCUT2D eigenvalue weighted by molar-refractivity contribution is 7.86. The van der Waals surface area contributed by atoms with Crippen LogP contribution in [0.1, 0.15) is 124 Å².